The zero-order valence-corrected chi connectivity index (χ0v) is 7.58. The third kappa shape index (κ3) is 1.76. The molecule has 0 bridgehead atoms. The highest BCUT2D eigenvalue weighted by Gasteiger charge is 2.31. The van der Waals surface area contributed by atoms with Crippen LogP contribution in [0.25, 0.3) is 0 Å². The molecule has 1 saturated heterocycles. The molecule has 1 aliphatic rings. The molecule has 4 nitrogen and oxygen atoms in total. The minimum Gasteiger partial charge on any atom is -0.396 e. The maximum Gasteiger partial charge on any atom is 0.239 e. The van der Waals surface area contributed by atoms with Crippen LogP contribution in [0.2, 0.25) is 0 Å². The average molecular weight is 172 g/mol. The van der Waals surface area contributed by atoms with E-state index in [0.717, 1.165) is 0 Å². The Kier molecular flexibility index (Phi) is 3.05. The van der Waals surface area contributed by atoms with Crippen LogP contribution >= 0.6 is 0 Å². The van der Waals surface area contributed by atoms with Crippen LogP contribution in [-0.4, -0.2) is 48.7 Å². The quantitative estimate of drug-likeness (QED) is 0.577. The zero-order chi connectivity index (χ0) is 9.14. The van der Waals surface area contributed by atoms with Gasteiger partial charge in [-0.15, -0.1) is 0 Å². The molecule has 0 aromatic rings. The maximum atomic E-state index is 11.4. The standard InChI is InChI=1S/C8H16N2O2/c1-6(9-2)8(12)10-3-7(4-10)5-11/h6-7,9,11H,3-5H2,1-2H3. The van der Waals surface area contributed by atoms with Crippen LogP contribution in [0.15, 0.2) is 0 Å². The van der Waals surface area contributed by atoms with Crippen molar-refractivity contribution in [1.82, 2.24) is 10.2 Å². The number of aliphatic hydroxyl groups is 1. The molecule has 70 valence electrons. The predicted molar refractivity (Wildman–Crippen MR) is 45.7 cm³/mol. The molecule has 0 aromatic heterocycles. The summed E-state index contributed by atoms with van der Waals surface area (Å²) >= 11 is 0. The Bertz CT molecular complexity index is 166. The van der Waals surface area contributed by atoms with Gasteiger partial charge >= 0.3 is 0 Å². The fourth-order valence-electron chi connectivity index (χ4n) is 1.26. The molecule has 0 spiro atoms. The van der Waals surface area contributed by atoms with Gasteiger partial charge in [-0.25, -0.2) is 0 Å². The van der Waals surface area contributed by atoms with Crippen LogP contribution in [0.3, 0.4) is 0 Å². The molecule has 1 rings (SSSR count). The predicted octanol–water partition coefficient (Wildman–Crippen LogP) is -0.955. The fourth-order valence-corrected chi connectivity index (χ4v) is 1.26. The first kappa shape index (κ1) is 9.48. The van der Waals surface area contributed by atoms with Crippen molar-refractivity contribution < 1.29 is 9.90 Å². The Labute approximate surface area is 72.6 Å². The summed E-state index contributed by atoms with van der Waals surface area (Å²) in [5, 5.41) is 11.6. The van der Waals surface area contributed by atoms with E-state index in [4.69, 9.17) is 5.11 Å². The van der Waals surface area contributed by atoms with Gasteiger partial charge in [-0.05, 0) is 14.0 Å². The van der Waals surface area contributed by atoms with E-state index in [2.05, 4.69) is 5.32 Å². The van der Waals surface area contributed by atoms with E-state index in [9.17, 15) is 4.79 Å². The largest absolute Gasteiger partial charge is 0.396 e. The lowest BCUT2D eigenvalue weighted by atomic mass is 10.0. The minimum atomic E-state index is -0.107. The van der Waals surface area contributed by atoms with Crippen molar-refractivity contribution in [3.63, 3.8) is 0 Å². The second-order valence-corrected chi connectivity index (χ2v) is 3.30. The van der Waals surface area contributed by atoms with Gasteiger partial charge in [0.25, 0.3) is 0 Å². The number of nitrogens with zero attached hydrogens (tertiary/aromatic N) is 1. The van der Waals surface area contributed by atoms with Crippen molar-refractivity contribution >= 4 is 5.91 Å². The zero-order valence-electron chi connectivity index (χ0n) is 7.58. The van der Waals surface area contributed by atoms with E-state index < -0.39 is 0 Å². The monoisotopic (exact) mass is 172 g/mol. The van der Waals surface area contributed by atoms with Crippen molar-refractivity contribution in [3.8, 4) is 0 Å². The summed E-state index contributed by atoms with van der Waals surface area (Å²) in [6.45, 7) is 3.45. The summed E-state index contributed by atoms with van der Waals surface area (Å²) in [4.78, 5) is 13.2. The summed E-state index contributed by atoms with van der Waals surface area (Å²) in [5.74, 6) is 0.431. The lowest BCUT2D eigenvalue weighted by Crippen LogP contribution is -2.55. The molecule has 2 N–H and O–H groups in total. The Hall–Kier alpha value is -0.610. The molecular formula is C8H16N2O2. The number of likely N-dealkylation sites (tertiary alicyclic amines) is 1. The van der Waals surface area contributed by atoms with Crippen LogP contribution in [-0.2, 0) is 4.79 Å². The number of carbonyl (C=O) groups is 1. The van der Waals surface area contributed by atoms with Crippen molar-refractivity contribution in [2.24, 2.45) is 5.92 Å². The third-order valence-corrected chi connectivity index (χ3v) is 2.33. The smallest absolute Gasteiger partial charge is 0.239 e. The molecule has 0 aliphatic carbocycles. The van der Waals surface area contributed by atoms with Gasteiger partial charge in [-0.3, -0.25) is 4.79 Å². The molecular weight excluding hydrogens is 156 g/mol. The summed E-state index contributed by atoms with van der Waals surface area (Å²) in [7, 11) is 1.77. The van der Waals surface area contributed by atoms with E-state index >= 15 is 0 Å². The lowest BCUT2D eigenvalue weighted by molar-refractivity contribution is -0.140. The molecule has 1 fully saturated rings. The molecule has 0 aromatic carbocycles. The van der Waals surface area contributed by atoms with E-state index in [1.54, 1.807) is 11.9 Å². The Balaban J connectivity index is 2.28. The molecule has 0 saturated carbocycles. The van der Waals surface area contributed by atoms with Crippen LogP contribution in [0.4, 0.5) is 0 Å². The van der Waals surface area contributed by atoms with E-state index in [1.807, 2.05) is 6.92 Å². The Morgan fingerprint density at radius 2 is 2.33 bits per heavy atom. The lowest BCUT2D eigenvalue weighted by Gasteiger charge is -2.39. The molecule has 1 unspecified atom stereocenters. The summed E-state index contributed by atoms with van der Waals surface area (Å²) in [6.07, 6.45) is 0. The van der Waals surface area contributed by atoms with Gasteiger partial charge in [-0.2, -0.15) is 0 Å². The van der Waals surface area contributed by atoms with Gasteiger partial charge in [0.15, 0.2) is 0 Å². The first-order chi connectivity index (χ1) is 5.69. The van der Waals surface area contributed by atoms with Crippen molar-refractivity contribution in [2.75, 3.05) is 26.7 Å². The van der Waals surface area contributed by atoms with Crippen LogP contribution < -0.4 is 5.32 Å². The number of rotatable bonds is 3. The highest BCUT2D eigenvalue weighted by Crippen LogP contribution is 2.15. The second kappa shape index (κ2) is 3.87. The first-order valence-electron chi connectivity index (χ1n) is 4.26. The summed E-state index contributed by atoms with van der Waals surface area (Å²) < 4.78 is 0. The van der Waals surface area contributed by atoms with Gasteiger partial charge < -0.3 is 15.3 Å². The van der Waals surface area contributed by atoms with E-state index in [-0.39, 0.29) is 18.6 Å². The molecule has 0 radical (unpaired) electrons. The van der Waals surface area contributed by atoms with Gasteiger partial charge in [0.1, 0.15) is 0 Å². The van der Waals surface area contributed by atoms with Gasteiger partial charge in [0.05, 0.1) is 6.04 Å². The fraction of sp³-hybridized carbons (Fsp3) is 0.875. The topological polar surface area (TPSA) is 52.6 Å². The number of hydrogen-bond acceptors (Lipinski definition) is 3. The van der Waals surface area contributed by atoms with Gasteiger partial charge in [0.2, 0.25) is 5.91 Å². The van der Waals surface area contributed by atoms with Gasteiger partial charge in [0, 0.05) is 25.6 Å². The molecule has 1 atom stereocenters. The van der Waals surface area contributed by atoms with Crippen molar-refractivity contribution in [1.29, 1.82) is 0 Å². The number of likely N-dealkylation sites (N-methyl/N-ethyl adjacent to an activating group) is 1. The first-order valence-corrected chi connectivity index (χ1v) is 4.26. The Morgan fingerprint density at radius 3 is 2.75 bits per heavy atom. The third-order valence-electron chi connectivity index (χ3n) is 2.33. The number of nitrogens with one attached hydrogen (secondary N) is 1. The second-order valence-electron chi connectivity index (χ2n) is 3.30. The number of amides is 1. The van der Waals surface area contributed by atoms with E-state index in [0.29, 0.717) is 19.0 Å². The minimum absolute atomic E-state index is 0.107. The molecule has 4 heteroatoms. The number of hydrogen-bond donors (Lipinski definition) is 2. The number of carbonyl (C=O) groups excluding carboxylic acids is 1. The van der Waals surface area contributed by atoms with Crippen LogP contribution in [0.5, 0.6) is 0 Å². The SMILES string of the molecule is CNC(C)C(=O)N1CC(CO)C1. The Morgan fingerprint density at radius 1 is 1.75 bits per heavy atom. The molecule has 1 amide bonds. The molecule has 12 heavy (non-hydrogen) atoms. The molecule has 1 heterocycles. The maximum absolute atomic E-state index is 11.4. The van der Waals surface area contributed by atoms with Gasteiger partial charge in [-0.1, -0.05) is 0 Å². The normalized spacial score (nSPS) is 20.4. The highest BCUT2D eigenvalue weighted by molar-refractivity contribution is 5.82. The van der Waals surface area contributed by atoms with Crippen molar-refractivity contribution in [3.05, 3.63) is 0 Å². The highest BCUT2D eigenvalue weighted by atomic mass is 16.3. The van der Waals surface area contributed by atoms with E-state index in [1.165, 1.54) is 0 Å². The van der Waals surface area contributed by atoms with Crippen LogP contribution in [0.1, 0.15) is 6.92 Å². The average Bonchev–Trinajstić information content (AvgIpc) is 2.01. The summed E-state index contributed by atoms with van der Waals surface area (Å²) in [6, 6.07) is -0.107. The van der Waals surface area contributed by atoms with Crippen molar-refractivity contribution in [2.45, 2.75) is 13.0 Å². The number of aliphatic hydroxyl groups excluding tert-OH is 1. The van der Waals surface area contributed by atoms with Crippen LogP contribution in [0, 0.1) is 5.92 Å². The summed E-state index contributed by atoms with van der Waals surface area (Å²) in [5.41, 5.74) is 0. The molecule has 1 aliphatic heterocycles.